The van der Waals surface area contributed by atoms with Gasteiger partial charge in [0.15, 0.2) is 5.49 Å². The lowest BCUT2D eigenvalue weighted by atomic mass is 10.2. The van der Waals surface area contributed by atoms with E-state index in [1.54, 1.807) is 48.0 Å². The summed E-state index contributed by atoms with van der Waals surface area (Å²) in [7, 11) is 0. The molecule has 0 aliphatic rings. The van der Waals surface area contributed by atoms with Crippen molar-refractivity contribution >= 4 is 40.2 Å². The van der Waals surface area contributed by atoms with Crippen molar-refractivity contribution in [3.63, 3.8) is 0 Å². The topological polar surface area (TPSA) is 95.0 Å². The largest absolute Gasteiger partial charge is 0.462 e. The molecule has 0 unspecified atom stereocenters. The maximum absolute atomic E-state index is 13.4. The Kier molecular flexibility index (Phi) is 7.12. The maximum atomic E-state index is 13.4. The van der Waals surface area contributed by atoms with Crippen LogP contribution in [0.25, 0.3) is 16.7 Å². The number of nitrogens with zero attached hydrogens (tertiary/aromatic N) is 4. The second kappa shape index (κ2) is 10.2. The van der Waals surface area contributed by atoms with Crippen molar-refractivity contribution in [1.82, 2.24) is 14.0 Å². The van der Waals surface area contributed by atoms with Gasteiger partial charge in [0.05, 0.1) is 12.0 Å². The van der Waals surface area contributed by atoms with Crippen molar-refractivity contribution in [1.29, 1.82) is 0 Å². The molecule has 0 saturated heterocycles. The van der Waals surface area contributed by atoms with Crippen LogP contribution in [0.2, 0.25) is 5.02 Å². The van der Waals surface area contributed by atoms with E-state index in [1.165, 1.54) is 10.5 Å². The molecule has 4 aromatic rings. The van der Waals surface area contributed by atoms with E-state index in [1.807, 2.05) is 19.9 Å². The lowest BCUT2D eigenvalue weighted by Gasteiger charge is -2.15. The van der Waals surface area contributed by atoms with Crippen molar-refractivity contribution in [2.24, 2.45) is 4.99 Å². The average molecular weight is 493 g/mol. The van der Waals surface area contributed by atoms with Crippen LogP contribution in [0.4, 0.5) is 0 Å². The number of carbonyl (C=O) groups excluding carboxylic acids is 2. The number of halogens is 1. The SMILES string of the molecule is CCCCn1c(=NC(=O)c2ccc(Cl)cc2)c(C(=O)OCC)cc2c(=O)n3cccc(C)c3nc21. The zero-order valence-corrected chi connectivity index (χ0v) is 20.5. The van der Waals surface area contributed by atoms with Crippen LogP contribution in [0.3, 0.4) is 0 Å². The molecule has 3 aromatic heterocycles. The molecule has 0 aliphatic carbocycles. The van der Waals surface area contributed by atoms with E-state index in [4.69, 9.17) is 21.3 Å². The monoisotopic (exact) mass is 492 g/mol. The molecule has 1 amide bonds. The highest BCUT2D eigenvalue weighted by molar-refractivity contribution is 6.30. The van der Waals surface area contributed by atoms with Gasteiger partial charge in [-0.05, 0) is 62.2 Å². The molecular formula is C26H25ClN4O4. The number of amides is 1. The molecule has 9 heteroatoms. The van der Waals surface area contributed by atoms with Crippen LogP contribution in [0.15, 0.2) is 58.4 Å². The van der Waals surface area contributed by atoms with Crippen molar-refractivity contribution in [3.05, 3.63) is 86.2 Å². The van der Waals surface area contributed by atoms with E-state index in [9.17, 15) is 14.4 Å². The molecular weight excluding hydrogens is 468 g/mol. The number of pyridine rings is 2. The van der Waals surface area contributed by atoms with Crippen LogP contribution >= 0.6 is 11.6 Å². The summed E-state index contributed by atoms with van der Waals surface area (Å²) < 4.78 is 8.38. The van der Waals surface area contributed by atoms with Crippen molar-refractivity contribution < 1.29 is 14.3 Å². The molecule has 1 aromatic carbocycles. The maximum Gasteiger partial charge on any atom is 0.341 e. The number of rotatable bonds is 6. The first-order valence-electron chi connectivity index (χ1n) is 11.4. The number of ether oxygens (including phenoxy) is 1. The Morgan fingerprint density at radius 2 is 1.86 bits per heavy atom. The van der Waals surface area contributed by atoms with Crippen molar-refractivity contribution in [2.45, 2.75) is 40.2 Å². The molecule has 0 spiro atoms. The quantitative estimate of drug-likeness (QED) is 0.295. The third-order valence-corrected chi connectivity index (χ3v) is 5.89. The summed E-state index contributed by atoms with van der Waals surface area (Å²) in [5.74, 6) is -1.22. The number of fused-ring (bicyclic) bond motifs is 2. The van der Waals surface area contributed by atoms with Crippen LogP contribution in [-0.4, -0.2) is 32.4 Å². The number of unbranched alkanes of at least 4 members (excludes halogenated alkanes) is 1. The first-order valence-corrected chi connectivity index (χ1v) is 11.8. The third-order valence-electron chi connectivity index (χ3n) is 5.63. The molecule has 0 radical (unpaired) electrons. The van der Waals surface area contributed by atoms with Crippen LogP contribution in [0, 0.1) is 6.92 Å². The summed E-state index contributed by atoms with van der Waals surface area (Å²) in [5, 5.41) is 0.731. The van der Waals surface area contributed by atoms with Crippen molar-refractivity contribution in [3.8, 4) is 0 Å². The molecule has 3 heterocycles. The highest BCUT2D eigenvalue weighted by Gasteiger charge is 2.20. The fraction of sp³-hybridized carbons (Fsp3) is 0.269. The van der Waals surface area contributed by atoms with Gasteiger partial charge in [0.2, 0.25) is 0 Å². The second-order valence-electron chi connectivity index (χ2n) is 8.07. The van der Waals surface area contributed by atoms with Gasteiger partial charge in [0, 0.05) is 23.3 Å². The van der Waals surface area contributed by atoms with Gasteiger partial charge in [0.25, 0.3) is 11.5 Å². The summed E-state index contributed by atoms with van der Waals surface area (Å²) in [6, 6.07) is 11.4. The smallest absolute Gasteiger partial charge is 0.341 e. The Hall–Kier alpha value is -3.78. The third kappa shape index (κ3) is 4.74. The molecule has 0 N–H and O–H groups in total. The minimum absolute atomic E-state index is 0.0317. The fourth-order valence-electron chi connectivity index (χ4n) is 3.85. The summed E-state index contributed by atoms with van der Waals surface area (Å²) in [5.41, 5.74) is 1.80. The van der Waals surface area contributed by atoms with E-state index in [-0.39, 0.29) is 28.6 Å². The van der Waals surface area contributed by atoms with E-state index < -0.39 is 11.9 Å². The van der Waals surface area contributed by atoms with Crippen LogP contribution in [-0.2, 0) is 11.3 Å². The fourth-order valence-corrected chi connectivity index (χ4v) is 3.97. The number of esters is 1. The lowest BCUT2D eigenvalue weighted by molar-refractivity contribution is 0.0523. The Balaban J connectivity index is 2.13. The van der Waals surface area contributed by atoms with Crippen LogP contribution < -0.4 is 11.0 Å². The van der Waals surface area contributed by atoms with Gasteiger partial charge in [-0.2, -0.15) is 4.99 Å². The van der Waals surface area contributed by atoms with E-state index in [0.717, 1.165) is 18.4 Å². The molecule has 180 valence electrons. The number of carbonyl (C=O) groups is 2. The number of aromatic nitrogens is 3. The van der Waals surface area contributed by atoms with Crippen molar-refractivity contribution in [2.75, 3.05) is 6.61 Å². The lowest BCUT2D eigenvalue weighted by Crippen LogP contribution is -2.33. The molecule has 0 fully saturated rings. The van der Waals surface area contributed by atoms with Gasteiger partial charge in [-0.1, -0.05) is 31.0 Å². The Bertz CT molecular complexity index is 1570. The van der Waals surface area contributed by atoms with Gasteiger partial charge < -0.3 is 9.30 Å². The zero-order valence-electron chi connectivity index (χ0n) is 19.7. The first-order chi connectivity index (χ1) is 16.8. The number of benzene rings is 1. The molecule has 0 atom stereocenters. The van der Waals surface area contributed by atoms with E-state index >= 15 is 0 Å². The Labute approximate surface area is 206 Å². The highest BCUT2D eigenvalue weighted by atomic mass is 35.5. The Morgan fingerprint density at radius 1 is 1.11 bits per heavy atom. The second-order valence-corrected chi connectivity index (χ2v) is 8.51. The molecule has 4 rings (SSSR count). The summed E-state index contributed by atoms with van der Waals surface area (Å²) in [6.45, 7) is 6.11. The predicted molar refractivity (Wildman–Crippen MR) is 134 cm³/mol. The molecule has 0 saturated carbocycles. The van der Waals surface area contributed by atoms with Crippen LogP contribution in [0.5, 0.6) is 0 Å². The minimum atomic E-state index is -0.670. The highest BCUT2D eigenvalue weighted by Crippen LogP contribution is 2.15. The molecule has 0 bridgehead atoms. The number of aryl methyl sites for hydroxylation is 2. The standard InChI is InChI=1S/C26H25ClN4O4/c1-4-6-13-30-22-19(25(33)31-14-7-8-16(3)21(31)28-22)15-20(26(34)35-5-2)23(30)29-24(32)17-9-11-18(27)12-10-17/h7-12,14-15H,4-6,13H2,1-3H3. The van der Waals surface area contributed by atoms with Gasteiger partial charge in [0.1, 0.15) is 16.9 Å². The van der Waals surface area contributed by atoms with Gasteiger partial charge in [-0.15, -0.1) is 0 Å². The zero-order chi connectivity index (χ0) is 25.1. The predicted octanol–water partition coefficient (Wildman–Crippen LogP) is 4.33. The minimum Gasteiger partial charge on any atom is -0.462 e. The first kappa shape index (κ1) is 24.3. The van der Waals surface area contributed by atoms with Gasteiger partial charge >= 0.3 is 5.97 Å². The molecule has 35 heavy (non-hydrogen) atoms. The summed E-state index contributed by atoms with van der Waals surface area (Å²) in [4.78, 5) is 48.6. The summed E-state index contributed by atoms with van der Waals surface area (Å²) in [6.07, 6.45) is 3.20. The average Bonchev–Trinajstić information content (AvgIpc) is 2.84. The summed E-state index contributed by atoms with van der Waals surface area (Å²) >= 11 is 5.95. The number of hydrogen-bond donors (Lipinski definition) is 0. The number of hydrogen-bond acceptors (Lipinski definition) is 5. The van der Waals surface area contributed by atoms with Crippen LogP contribution in [0.1, 0.15) is 53.0 Å². The van der Waals surface area contributed by atoms with Gasteiger partial charge in [-0.3, -0.25) is 14.0 Å². The normalized spacial score (nSPS) is 11.8. The molecule has 0 aliphatic heterocycles. The van der Waals surface area contributed by atoms with Gasteiger partial charge in [-0.25, -0.2) is 9.78 Å². The van der Waals surface area contributed by atoms with E-state index in [2.05, 4.69) is 4.99 Å². The molecule has 8 nitrogen and oxygen atoms in total. The van der Waals surface area contributed by atoms with E-state index in [0.29, 0.717) is 28.4 Å². The Morgan fingerprint density at radius 3 is 2.54 bits per heavy atom.